The second kappa shape index (κ2) is 8.46. The van der Waals surface area contributed by atoms with Crippen LogP contribution in [0.25, 0.3) is 10.9 Å². The minimum absolute atomic E-state index is 0.0245. The van der Waals surface area contributed by atoms with E-state index in [4.69, 9.17) is 9.47 Å². The van der Waals surface area contributed by atoms with Crippen LogP contribution < -0.4 is 9.47 Å². The van der Waals surface area contributed by atoms with Crippen LogP contribution in [0.15, 0.2) is 42.5 Å². The fourth-order valence-electron chi connectivity index (χ4n) is 5.23. The Labute approximate surface area is 193 Å². The summed E-state index contributed by atoms with van der Waals surface area (Å²) in [5, 5.41) is 1.09. The third-order valence-electron chi connectivity index (χ3n) is 6.86. The van der Waals surface area contributed by atoms with E-state index in [1.54, 1.807) is 24.0 Å². The molecule has 7 nitrogen and oxygen atoms in total. The number of ether oxygens (including phenoxy) is 2. The van der Waals surface area contributed by atoms with Gasteiger partial charge in [0.25, 0.3) is 0 Å². The molecular weight excluding hydrogens is 418 g/mol. The van der Waals surface area contributed by atoms with Crippen LogP contribution in [0, 0.1) is 0 Å². The van der Waals surface area contributed by atoms with Crippen LogP contribution in [0.3, 0.4) is 0 Å². The van der Waals surface area contributed by atoms with Gasteiger partial charge in [-0.3, -0.25) is 9.59 Å². The number of H-pyrrole nitrogens is 1. The number of piperazine rings is 1. The molecule has 2 unspecified atom stereocenters. The number of amides is 2. The third kappa shape index (κ3) is 3.43. The van der Waals surface area contributed by atoms with Crippen molar-refractivity contribution >= 4 is 22.7 Å². The number of fused-ring (bicyclic) bond motifs is 4. The van der Waals surface area contributed by atoms with Crippen LogP contribution >= 0.6 is 0 Å². The summed E-state index contributed by atoms with van der Waals surface area (Å²) in [4.78, 5) is 34.2. The number of carbonyl (C=O) groups is 2. The number of nitrogens with one attached hydrogen (secondary N) is 1. The molecular formula is C26H29N3O4. The Morgan fingerprint density at radius 1 is 1.09 bits per heavy atom. The molecule has 172 valence electrons. The maximum absolute atomic E-state index is 13.6. The van der Waals surface area contributed by atoms with Gasteiger partial charge >= 0.3 is 0 Å². The zero-order chi connectivity index (χ0) is 23.1. The molecule has 0 saturated carbocycles. The molecule has 1 aromatic heterocycles. The van der Waals surface area contributed by atoms with E-state index in [9.17, 15) is 9.59 Å². The number of benzene rings is 2. The number of nitrogens with zero attached hydrogens (tertiary/aromatic N) is 2. The van der Waals surface area contributed by atoms with Crippen molar-refractivity contribution in [2.75, 3.05) is 27.3 Å². The number of rotatable bonds is 6. The first-order valence-corrected chi connectivity index (χ1v) is 11.5. The number of aromatic amines is 1. The second-order valence-corrected chi connectivity index (χ2v) is 8.71. The lowest BCUT2D eigenvalue weighted by molar-refractivity contribution is -0.158. The van der Waals surface area contributed by atoms with Gasteiger partial charge in [-0.2, -0.15) is 0 Å². The molecule has 2 aliphatic heterocycles. The van der Waals surface area contributed by atoms with Gasteiger partial charge in [0.2, 0.25) is 11.8 Å². The van der Waals surface area contributed by atoms with Gasteiger partial charge in [0.1, 0.15) is 23.6 Å². The number of methoxy groups -OCH3 is 2. The lowest BCUT2D eigenvalue weighted by atomic mass is 9.85. The van der Waals surface area contributed by atoms with Crippen LogP contribution in [-0.2, 0) is 16.0 Å². The zero-order valence-corrected chi connectivity index (χ0v) is 19.3. The summed E-state index contributed by atoms with van der Waals surface area (Å²) in [6, 6.07) is 12.7. The van der Waals surface area contributed by atoms with Crippen LogP contribution in [-0.4, -0.2) is 59.9 Å². The smallest absolute Gasteiger partial charge is 0.246 e. The van der Waals surface area contributed by atoms with Crippen LogP contribution in [0.5, 0.6) is 11.5 Å². The molecule has 1 fully saturated rings. The number of hydrogen-bond donors (Lipinski definition) is 1. The van der Waals surface area contributed by atoms with E-state index in [0.717, 1.165) is 40.6 Å². The average Bonchev–Trinajstić information content (AvgIpc) is 3.22. The first-order valence-electron chi connectivity index (χ1n) is 11.5. The summed E-state index contributed by atoms with van der Waals surface area (Å²) in [6.45, 7) is 2.82. The average molecular weight is 448 g/mol. The van der Waals surface area contributed by atoms with Crippen LogP contribution in [0.1, 0.15) is 42.6 Å². The molecule has 0 spiro atoms. The predicted molar refractivity (Wildman–Crippen MR) is 126 cm³/mol. The molecule has 0 aliphatic carbocycles. The number of aromatic nitrogens is 1. The van der Waals surface area contributed by atoms with Crippen LogP contribution in [0.2, 0.25) is 0 Å². The summed E-state index contributed by atoms with van der Waals surface area (Å²) in [5.74, 6) is 1.28. The molecule has 1 N–H and O–H groups in total. The van der Waals surface area contributed by atoms with Gasteiger partial charge < -0.3 is 24.3 Å². The van der Waals surface area contributed by atoms with Gasteiger partial charge in [-0.15, -0.1) is 0 Å². The Hall–Kier alpha value is -3.48. The van der Waals surface area contributed by atoms with Gasteiger partial charge in [0, 0.05) is 41.2 Å². The number of unbranched alkanes of at least 4 members (excludes halogenated alkanes) is 1. The van der Waals surface area contributed by atoms with E-state index in [-0.39, 0.29) is 18.4 Å². The highest BCUT2D eigenvalue weighted by atomic mass is 16.5. The van der Waals surface area contributed by atoms with E-state index in [0.29, 0.717) is 24.5 Å². The quantitative estimate of drug-likeness (QED) is 0.626. The summed E-state index contributed by atoms with van der Waals surface area (Å²) >= 11 is 0. The molecule has 5 rings (SSSR count). The van der Waals surface area contributed by atoms with E-state index in [1.165, 1.54) is 0 Å². The molecule has 2 atom stereocenters. The van der Waals surface area contributed by atoms with Crippen molar-refractivity contribution in [3.63, 3.8) is 0 Å². The zero-order valence-electron chi connectivity index (χ0n) is 19.3. The maximum atomic E-state index is 13.6. The molecule has 0 bridgehead atoms. The third-order valence-corrected chi connectivity index (χ3v) is 6.86. The largest absolute Gasteiger partial charge is 0.497 e. The second-order valence-electron chi connectivity index (χ2n) is 8.71. The standard InChI is InChI=1S/C26H29N3O4/c1-4-5-12-28-15-23(30)29-21(26(28)31)14-19-17-8-6-7-9-20(17)27-24(19)25(29)18-11-10-16(32-2)13-22(18)33-3/h6-11,13,21,25,27H,4-5,12,14-15H2,1-3H3. The van der Waals surface area contributed by atoms with Gasteiger partial charge in [-0.25, -0.2) is 0 Å². The Balaban J connectivity index is 1.69. The van der Waals surface area contributed by atoms with E-state index in [2.05, 4.69) is 18.0 Å². The highest BCUT2D eigenvalue weighted by molar-refractivity contribution is 5.97. The van der Waals surface area contributed by atoms with Crippen molar-refractivity contribution in [3.8, 4) is 11.5 Å². The van der Waals surface area contributed by atoms with Crippen molar-refractivity contribution in [2.24, 2.45) is 0 Å². The molecule has 2 aliphatic rings. The summed E-state index contributed by atoms with van der Waals surface area (Å²) in [5.41, 5.74) is 3.87. The van der Waals surface area contributed by atoms with Crippen LogP contribution in [0.4, 0.5) is 0 Å². The van der Waals surface area contributed by atoms with E-state index in [1.807, 2.05) is 36.4 Å². The van der Waals surface area contributed by atoms with Crippen molar-refractivity contribution in [2.45, 2.75) is 38.3 Å². The molecule has 33 heavy (non-hydrogen) atoms. The summed E-state index contributed by atoms with van der Waals surface area (Å²) in [7, 11) is 3.22. The van der Waals surface area contributed by atoms with Crippen molar-refractivity contribution in [1.29, 1.82) is 0 Å². The number of carbonyl (C=O) groups excluding carboxylic acids is 2. The lowest BCUT2D eigenvalue weighted by Gasteiger charge is -2.47. The molecule has 2 amide bonds. The lowest BCUT2D eigenvalue weighted by Crippen LogP contribution is -2.63. The molecule has 2 aromatic carbocycles. The molecule has 3 aromatic rings. The normalized spacial score (nSPS) is 20.1. The molecule has 7 heteroatoms. The maximum Gasteiger partial charge on any atom is 0.246 e. The Morgan fingerprint density at radius 3 is 2.67 bits per heavy atom. The Kier molecular flexibility index (Phi) is 5.48. The van der Waals surface area contributed by atoms with Gasteiger partial charge in [-0.1, -0.05) is 31.5 Å². The van der Waals surface area contributed by atoms with Gasteiger partial charge in [-0.05, 0) is 30.2 Å². The van der Waals surface area contributed by atoms with Gasteiger partial charge in [0.05, 0.1) is 20.8 Å². The molecule has 3 heterocycles. The minimum Gasteiger partial charge on any atom is -0.497 e. The number of para-hydroxylation sites is 1. The van der Waals surface area contributed by atoms with E-state index < -0.39 is 12.1 Å². The Morgan fingerprint density at radius 2 is 1.91 bits per heavy atom. The first-order chi connectivity index (χ1) is 16.1. The minimum atomic E-state index is -0.536. The van der Waals surface area contributed by atoms with Crippen molar-refractivity contribution < 1.29 is 19.1 Å². The number of hydrogen-bond acceptors (Lipinski definition) is 4. The predicted octanol–water partition coefficient (Wildman–Crippen LogP) is 3.67. The molecule has 1 saturated heterocycles. The summed E-state index contributed by atoms with van der Waals surface area (Å²) in [6.07, 6.45) is 2.37. The Bertz CT molecular complexity index is 1220. The van der Waals surface area contributed by atoms with E-state index >= 15 is 0 Å². The SMILES string of the molecule is CCCCN1CC(=O)N2C(Cc3c([nH]c4ccccc34)C2c2ccc(OC)cc2OC)C1=O. The fourth-order valence-corrected chi connectivity index (χ4v) is 5.23. The van der Waals surface area contributed by atoms with Crippen molar-refractivity contribution in [3.05, 3.63) is 59.3 Å². The fraction of sp³-hybridized carbons (Fsp3) is 0.385. The monoisotopic (exact) mass is 447 g/mol. The highest BCUT2D eigenvalue weighted by Crippen LogP contribution is 2.45. The molecule has 0 radical (unpaired) electrons. The van der Waals surface area contributed by atoms with Gasteiger partial charge in [0.15, 0.2) is 0 Å². The van der Waals surface area contributed by atoms with Crippen molar-refractivity contribution in [1.82, 2.24) is 14.8 Å². The topological polar surface area (TPSA) is 74.9 Å². The highest BCUT2D eigenvalue weighted by Gasteiger charge is 2.48. The summed E-state index contributed by atoms with van der Waals surface area (Å²) < 4.78 is 11.1. The first kappa shape index (κ1) is 21.4.